The molecule has 2 fully saturated rings. The highest BCUT2D eigenvalue weighted by Crippen LogP contribution is 2.40. The van der Waals surface area contributed by atoms with Gasteiger partial charge in [0.25, 0.3) is 0 Å². The van der Waals surface area contributed by atoms with Gasteiger partial charge in [-0.3, -0.25) is 9.80 Å². The Bertz CT molecular complexity index is 310. The van der Waals surface area contributed by atoms with E-state index >= 15 is 0 Å². The van der Waals surface area contributed by atoms with E-state index in [2.05, 4.69) is 42.4 Å². The van der Waals surface area contributed by atoms with Gasteiger partial charge in [0.15, 0.2) is 0 Å². The first-order valence-corrected chi connectivity index (χ1v) is 6.38. The molecule has 0 bridgehead atoms. The fourth-order valence-corrected chi connectivity index (χ4v) is 2.91. The Balaban J connectivity index is 1.97. The van der Waals surface area contributed by atoms with Gasteiger partial charge in [-0.1, -0.05) is 5.92 Å². The Hall–Kier alpha value is -0.520. The van der Waals surface area contributed by atoms with Gasteiger partial charge in [0.2, 0.25) is 0 Å². The van der Waals surface area contributed by atoms with Gasteiger partial charge < -0.3 is 0 Å². The van der Waals surface area contributed by atoms with Gasteiger partial charge >= 0.3 is 0 Å². The summed E-state index contributed by atoms with van der Waals surface area (Å²) < 4.78 is 0. The summed E-state index contributed by atoms with van der Waals surface area (Å²) >= 11 is 0. The average molecular weight is 220 g/mol. The van der Waals surface area contributed by atoms with E-state index in [-0.39, 0.29) is 0 Å². The maximum atomic E-state index is 3.22. The van der Waals surface area contributed by atoms with Gasteiger partial charge in [0.1, 0.15) is 0 Å². The Labute approximate surface area is 100.0 Å². The maximum Gasteiger partial charge on any atom is 0.0607 e. The van der Waals surface area contributed by atoms with Crippen molar-refractivity contribution in [1.82, 2.24) is 9.80 Å². The summed E-state index contributed by atoms with van der Waals surface area (Å²) in [6.45, 7) is 13.6. The molecule has 2 aliphatic rings. The third kappa shape index (κ3) is 1.99. The average Bonchev–Trinajstić information content (AvgIpc) is 2.53. The van der Waals surface area contributed by atoms with E-state index in [4.69, 9.17) is 0 Å². The fraction of sp³-hybridized carbons (Fsp3) is 0.857. The number of rotatable bonds is 1. The van der Waals surface area contributed by atoms with Crippen molar-refractivity contribution in [3.8, 4) is 11.8 Å². The SMILES string of the molecule is CC#CCN1CCCC12CN(C(C)(C)C)C2. The first-order chi connectivity index (χ1) is 7.48. The molecule has 0 N–H and O–H groups in total. The molecule has 0 saturated carbocycles. The summed E-state index contributed by atoms with van der Waals surface area (Å²) in [5.41, 5.74) is 0.799. The maximum absolute atomic E-state index is 3.22. The molecule has 0 atom stereocenters. The van der Waals surface area contributed by atoms with Crippen LogP contribution in [0.1, 0.15) is 40.5 Å². The minimum absolute atomic E-state index is 0.329. The standard InChI is InChI=1S/C14H24N2/c1-5-6-9-15-10-7-8-14(15)11-16(12-14)13(2,3)4/h7-12H2,1-4H3. The Morgan fingerprint density at radius 1 is 1.25 bits per heavy atom. The molecule has 0 unspecified atom stereocenters. The van der Waals surface area contributed by atoms with E-state index in [0.29, 0.717) is 11.1 Å². The first-order valence-electron chi connectivity index (χ1n) is 6.38. The van der Waals surface area contributed by atoms with Crippen LogP contribution in [0.5, 0.6) is 0 Å². The molecule has 16 heavy (non-hydrogen) atoms. The van der Waals surface area contributed by atoms with Gasteiger partial charge in [-0.05, 0) is 47.1 Å². The van der Waals surface area contributed by atoms with Crippen LogP contribution in [0.4, 0.5) is 0 Å². The van der Waals surface area contributed by atoms with Crippen molar-refractivity contribution in [1.29, 1.82) is 0 Å². The van der Waals surface area contributed by atoms with E-state index in [9.17, 15) is 0 Å². The predicted octanol–water partition coefficient (Wildman–Crippen LogP) is 1.96. The topological polar surface area (TPSA) is 6.48 Å². The first kappa shape index (κ1) is 12.0. The van der Waals surface area contributed by atoms with Crippen LogP contribution in [-0.4, -0.2) is 47.1 Å². The van der Waals surface area contributed by atoms with Gasteiger partial charge in [-0.25, -0.2) is 0 Å². The lowest BCUT2D eigenvalue weighted by molar-refractivity contribution is -0.0706. The van der Waals surface area contributed by atoms with Gasteiger partial charge in [0.05, 0.1) is 6.54 Å². The zero-order chi connectivity index (χ0) is 11.8. The smallest absolute Gasteiger partial charge is 0.0607 e. The van der Waals surface area contributed by atoms with E-state index in [0.717, 1.165) is 6.54 Å². The third-order valence-corrected chi connectivity index (χ3v) is 4.11. The Kier molecular flexibility index (Phi) is 3.03. The molecule has 0 radical (unpaired) electrons. The Morgan fingerprint density at radius 3 is 2.50 bits per heavy atom. The number of likely N-dealkylation sites (tertiary alicyclic amines) is 2. The lowest BCUT2D eigenvalue weighted by Gasteiger charge is -2.57. The Morgan fingerprint density at radius 2 is 1.94 bits per heavy atom. The quantitative estimate of drug-likeness (QED) is 0.623. The molecule has 2 nitrogen and oxygen atoms in total. The zero-order valence-electron chi connectivity index (χ0n) is 11.1. The molecule has 0 aromatic carbocycles. The highest BCUT2D eigenvalue weighted by molar-refractivity contribution is 5.12. The fourth-order valence-electron chi connectivity index (χ4n) is 2.91. The van der Waals surface area contributed by atoms with Crippen molar-refractivity contribution < 1.29 is 0 Å². The van der Waals surface area contributed by atoms with Crippen molar-refractivity contribution in [3.63, 3.8) is 0 Å². The second-order valence-corrected chi connectivity index (χ2v) is 6.20. The third-order valence-electron chi connectivity index (χ3n) is 4.11. The second-order valence-electron chi connectivity index (χ2n) is 6.20. The van der Waals surface area contributed by atoms with Crippen LogP contribution >= 0.6 is 0 Å². The lowest BCUT2D eigenvalue weighted by atomic mass is 9.83. The zero-order valence-corrected chi connectivity index (χ0v) is 11.1. The van der Waals surface area contributed by atoms with E-state index < -0.39 is 0 Å². The van der Waals surface area contributed by atoms with E-state index in [1.807, 2.05) is 6.92 Å². The molecule has 2 saturated heterocycles. The molecule has 2 aliphatic heterocycles. The molecule has 1 spiro atoms. The van der Waals surface area contributed by atoms with Crippen LogP contribution in [0.15, 0.2) is 0 Å². The summed E-state index contributed by atoms with van der Waals surface area (Å²) in [6.07, 6.45) is 2.72. The molecule has 2 heteroatoms. The van der Waals surface area contributed by atoms with Crippen molar-refractivity contribution in [2.24, 2.45) is 0 Å². The molecule has 0 aromatic rings. The summed E-state index contributed by atoms with van der Waals surface area (Å²) in [5, 5.41) is 0. The molecule has 0 amide bonds. The normalized spacial score (nSPS) is 25.2. The second kappa shape index (κ2) is 4.05. The van der Waals surface area contributed by atoms with Crippen LogP contribution in [0.2, 0.25) is 0 Å². The number of nitrogens with zero attached hydrogens (tertiary/aromatic N) is 2. The van der Waals surface area contributed by atoms with Gasteiger partial charge in [-0.2, -0.15) is 0 Å². The number of hydrogen-bond donors (Lipinski definition) is 0. The highest BCUT2D eigenvalue weighted by Gasteiger charge is 2.52. The monoisotopic (exact) mass is 220 g/mol. The van der Waals surface area contributed by atoms with Crippen molar-refractivity contribution in [2.45, 2.75) is 51.6 Å². The van der Waals surface area contributed by atoms with E-state index in [1.165, 1.54) is 32.5 Å². The van der Waals surface area contributed by atoms with Crippen molar-refractivity contribution >= 4 is 0 Å². The molecular weight excluding hydrogens is 196 g/mol. The van der Waals surface area contributed by atoms with Crippen LogP contribution in [0, 0.1) is 11.8 Å². The van der Waals surface area contributed by atoms with Crippen LogP contribution in [0.3, 0.4) is 0 Å². The minimum atomic E-state index is 0.329. The molecular formula is C14H24N2. The van der Waals surface area contributed by atoms with Crippen molar-refractivity contribution in [2.75, 3.05) is 26.2 Å². The van der Waals surface area contributed by atoms with E-state index in [1.54, 1.807) is 0 Å². The van der Waals surface area contributed by atoms with Gasteiger partial charge in [-0.15, -0.1) is 5.92 Å². The van der Waals surface area contributed by atoms with Crippen LogP contribution in [-0.2, 0) is 0 Å². The molecule has 2 heterocycles. The molecule has 0 aliphatic carbocycles. The van der Waals surface area contributed by atoms with Gasteiger partial charge in [0, 0.05) is 24.2 Å². The summed E-state index contributed by atoms with van der Waals surface area (Å²) in [6, 6.07) is 0. The van der Waals surface area contributed by atoms with Crippen molar-refractivity contribution in [3.05, 3.63) is 0 Å². The summed E-state index contributed by atoms with van der Waals surface area (Å²) in [4.78, 5) is 5.19. The number of hydrogen-bond acceptors (Lipinski definition) is 2. The van der Waals surface area contributed by atoms with Crippen LogP contribution < -0.4 is 0 Å². The highest BCUT2D eigenvalue weighted by atomic mass is 15.4. The molecule has 90 valence electrons. The summed E-state index contributed by atoms with van der Waals surface area (Å²) in [5.74, 6) is 6.24. The minimum Gasteiger partial charge on any atom is -0.295 e. The lowest BCUT2D eigenvalue weighted by Crippen LogP contribution is -2.71. The predicted molar refractivity (Wildman–Crippen MR) is 68.3 cm³/mol. The van der Waals surface area contributed by atoms with Crippen LogP contribution in [0.25, 0.3) is 0 Å². The molecule has 2 rings (SSSR count). The summed E-state index contributed by atoms with van der Waals surface area (Å²) in [7, 11) is 0. The molecule has 0 aromatic heterocycles. The largest absolute Gasteiger partial charge is 0.295 e.